The Morgan fingerprint density at radius 2 is 2.24 bits per heavy atom. The van der Waals surface area contributed by atoms with Gasteiger partial charge in [-0.25, -0.2) is 4.39 Å². The second-order valence-electron chi connectivity index (χ2n) is 4.77. The molecule has 1 heterocycles. The standard InChI is InChI=1S/C15H18FN3O2/c1-19-10-12(9-18-19)5-6-17-15(20)8-11-3-4-14(21-2)13(16)7-11/h3-4,7,9-10H,5-6,8H2,1-2H3,(H,17,20). The lowest BCUT2D eigenvalue weighted by Crippen LogP contribution is -2.27. The number of methoxy groups -OCH3 is 1. The van der Waals surface area contributed by atoms with Crippen LogP contribution in [-0.2, 0) is 24.7 Å². The number of carbonyl (C=O) groups excluding carboxylic acids is 1. The number of hydrogen-bond donors (Lipinski definition) is 1. The average Bonchev–Trinajstić information content (AvgIpc) is 2.84. The molecule has 0 aliphatic heterocycles. The molecule has 0 saturated heterocycles. The van der Waals surface area contributed by atoms with Gasteiger partial charge in [0.15, 0.2) is 11.6 Å². The summed E-state index contributed by atoms with van der Waals surface area (Å²) < 4.78 is 20.1. The average molecular weight is 291 g/mol. The first kappa shape index (κ1) is 15.0. The molecule has 0 bridgehead atoms. The lowest BCUT2D eigenvalue weighted by atomic mass is 10.1. The van der Waals surface area contributed by atoms with Crippen molar-refractivity contribution < 1.29 is 13.9 Å². The maximum Gasteiger partial charge on any atom is 0.224 e. The topological polar surface area (TPSA) is 56.1 Å². The zero-order chi connectivity index (χ0) is 15.2. The van der Waals surface area contributed by atoms with Crippen LogP contribution < -0.4 is 10.1 Å². The first-order valence-electron chi connectivity index (χ1n) is 6.65. The molecule has 0 atom stereocenters. The van der Waals surface area contributed by atoms with Crippen LogP contribution in [0, 0.1) is 5.82 Å². The first-order valence-corrected chi connectivity index (χ1v) is 6.65. The predicted molar refractivity (Wildman–Crippen MR) is 76.6 cm³/mol. The Morgan fingerprint density at radius 1 is 1.43 bits per heavy atom. The summed E-state index contributed by atoms with van der Waals surface area (Å²) in [5.41, 5.74) is 1.68. The molecule has 2 rings (SSSR count). The molecule has 1 aromatic heterocycles. The van der Waals surface area contributed by atoms with E-state index in [4.69, 9.17) is 4.74 Å². The van der Waals surface area contributed by atoms with Gasteiger partial charge in [-0.3, -0.25) is 9.48 Å². The van der Waals surface area contributed by atoms with E-state index in [1.165, 1.54) is 19.2 Å². The number of rotatable bonds is 6. The molecule has 1 aromatic carbocycles. The van der Waals surface area contributed by atoms with Gasteiger partial charge in [0.1, 0.15) is 0 Å². The van der Waals surface area contributed by atoms with E-state index in [9.17, 15) is 9.18 Å². The fraction of sp³-hybridized carbons (Fsp3) is 0.333. The fourth-order valence-electron chi connectivity index (χ4n) is 2.01. The summed E-state index contributed by atoms with van der Waals surface area (Å²) in [7, 11) is 3.25. The molecule has 0 fully saturated rings. The number of benzene rings is 1. The number of nitrogens with one attached hydrogen (secondary N) is 1. The van der Waals surface area contributed by atoms with Crippen molar-refractivity contribution in [1.29, 1.82) is 0 Å². The van der Waals surface area contributed by atoms with E-state index < -0.39 is 5.82 Å². The summed E-state index contributed by atoms with van der Waals surface area (Å²) in [5.74, 6) is -0.419. The molecule has 1 amide bonds. The highest BCUT2D eigenvalue weighted by atomic mass is 19.1. The third-order valence-corrected chi connectivity index (χ3v) is 3.08. The zero-order valence-electron chi connectivity index (χ0n) is 12.1. The van der Waals surface area contributed by atoms with E-state index in [1.54, 1.807) is 16.9 Å². The van der Waals surface area contributed by atoms with Crippen LogP contribution in [0.2, 0.25) is 0 Å². The molecule has 0 aliphatic carbocycles. The number of halogens is 1. The van der Waals surface area contributed by atoms with Crippen molar-refractivity contribution in [3.8, 4) is 5.75 Å². The van der Waals surface area contributed by atoms with E-state index in [0.29, 0.717) is 12.1 Å². The van der Waals surface area contributed by atoms with Gasteiger partial charge in [0.05, 0.1) is 19.7 Å². The van der Waals surface area contributed by atoms with Gasteiger partial charge in [-0.2, -0.15) is 5.10 Å². The van der Waals surface area contributed by atoms with E-state index in [0.717, 1.165) is 12.0 Å². The molecular weight excluding hydrogens is 273 g/mol. The molecule has 0 spiro atoms. The highest BCUT2D eigenvalue weighted by Crippen LogP contribution is 2.17. The van der Waals surface area contributed by atoms with Crippen molar-refractivity contribution in [1.82, 2.24) is 15.1 Å². The van der Waals surface area contributed by atoms with E-state index in [2.05, 4.69) is 10.4 Å². The molecule has 0 unspecified atom stereocenters. The molecule has 21 heavy (non-hydrogen) atoms. The largest absolute Gasteiger partial charge is 0.494 e. The SMILES string of the molecule is COc1ccc(CC(=O)NCCc2cnn(C)c2)cc1F. The van der Waals surface area contributed by atoms with E-state index >= 15 is 0 Å². The summed E-state index contributed by atoms with van der Waals surface area (Å²) in [4.78, 5) is 11.8. The van der Waals surface area contributed by atoms with Crippen LogP contribution in [0.1, 0.15) is 11.1 Å². The minimum atomic E-state index is -0.460. The van der Waals surface area contributed by atoms with Crippen LogP contribution >= 0.6 is 0 Å². The summed E-state index contributed by atoms with van der Waals surface area (Å²) in [6.07, 6.45) is 4.54. The molecule has 5 nitrogen and oxygen atoms in total. The van der Waals surface area contributed by atoms with Gasteiger partial charge in [-0.05, 0) is 29.7 Å². The minimum absolute atomic E-state index is 0.136. The zero-order valence-corrected chi connectivity index (χ0v) is 12.1. The summed E-state index contributed by atoms with van der Waals surface area (Å²) in [5, 5.41) is 6.87. The van der Waals surface area contributed by atoms with Gasteiger partial charge in [-0.15, -0.1) is 0 Å². The molecule has 6 heteroatoms. The molecular formula is C15H18FN3O2. The normalized spacial score (nSPS) is 10.4. The molecule has 2 aromatic rings. The van der Waals surface area contributed by atoms with Crippen LogP contribution in [0.5, 0.6) is 5.75 Å². The Hall–Kier alpha value is -2.37. The second-order valence-corrected chi connectivity index (χ2v) is 4.77. The lowest BCUT2D eigenvalue weighted by Gasteiger charge is -2.06. The highest BCUT2D eigenvalue weighted by Gasteiger charge is 2.07. The number of aryl methyl sites for hydroxylation is 1. The van der Waals surface area contributed by atoms with Crippen LogP contribution in [0.15, 0.2) is 30.6 Å². The molecule has 112 valence electrons. The monoisotopic (exact) mass is 291 g/mol. The van der Waals surface area contributed by atoms with Gasteiger partial charge < -0.3 is 10.1 Å². The minimum Gasteiger partial charge on any atom is -0.494 e. The van der Waals surface area contributed by atoms with Crippen molar-refractivity contribution in [2.24, 2.45) is 7.05 Å². The quantitative estimate of drug-likeness (QED) is 0.877. The van der Waals surface area contributed by atoms with Crippen molar-refractivity contribution in [3.05, 3.63) is 47.5 Å². The third kappa shape index (κ3) is 4.30. The molecule has 0 radical (unpaired) electrons. The first-order chi connectivity index (χ1) is 10.1. The van der Waals surface area contributed by atoms with Gasteiger partial charge >= 0.3 is 0 Å². The van der Waals surface area contributed by atoms with E-state index in [-0.39, 0.29) is 18.1 Å². The van der Waals surface area contributed by atoms with Crippen molar-refractivity contribution in [2.75, 3.05) is 13.7 Å². The molecule has 0 aliphatic rings. The summed E-state index contributed by atoms with van der Waals surface area (Å²) >= 11 is 0. The van der Waals surface area contributed by atoms with Crippen molar-refractivity contribution in [2.45, 2.75) is 12.8 Å². The summed E-state index contributed by atoms with van der Waals surface area (Å²) in [6.45, 7) is 0.531. The van der Waals surface area contributed by atoms with Crippen molar-refractivity contribution >= 4 is 5.91 Å². The van der Waals surface area contributed by atoms with E-state index in [1.807, 2.05) is 13.2 Å². The maximum absolute atomic E-state index is 13.5. The van der Waals surface area contributed by atoms with Gasteiger partial charge in [0, 0.05) is 19.8 Å². The number of nitrogens with zero attached hydrogens (tertiary/aromatic N) is 2. The smallest absolute Gasteiger partial charge is 0.224 e. The van der Waals surface area contributed by atoms with Crippen molar-refractivity contribution in [3.63, 3.8) is 0 Å². The van der Waals surface area contributed by atoms with Crippen LogP contribution in [0.4, 0.5) is 4.39 Å². The number of hydrogen-bond acceptors (Lipinski definition) is 3. The Morgan fingerprint density at radius 3 is 2.86 bits per heavy atom. The number of aromatic nitrogens is 2. The predicted octanol–water partition coefficient (Wildman–Crippen LogP) is 1.47. The van der Waals surface area contributed by atoms with Gasteiger partial charge in [0.2, 0.25) is 5.91 Å². The Balaban J connectivity index is 1.80. The van der Waals surface area contributed by atoms with Crippen LogP contribution in [0.25, 0.3) is 0 Å². The number of ether oxygens (including phenoxy) is 1. The van der Waals surface area contributed by atoms with Crippen LogP contribution in [0.3, 0.4) is 0 Å². The highest BCUT2D eigenvalue weighted by molar-refractivity contribution is 5.78. The summed E-state index contributed by atoms with van der Waals surface area (Å²) in [6, 6.07) is 4.52. The van der Waals surface area contributed by atoms with Gasteiger partial charge in [-0.1, -0.05) is 6.07 Å². The molecule has 0 saturated carbocycles. The molecule has 1 N–H and O–H groups in total. The number of carbonyl (C=O) groups is 1. The maximum atomic E-state index is 13.5. The third-order valence-electron chi connectivity index (χ3n) is 3.08. The lowest BCUT2D eigenvalue weighted by molar-refractivity contribution is -0.120. The Bertz CT molecular complexity index is 625. The Labute approximate surface area is 122 Å². The Kier molecular flexibility index (Phi) is 4.92. The fourth-order valence-corrected chi connectivity index (χ4v) is 2.01. The number of amides is 1. The van der Waals surface area contributed by atoms with Gasteiger partial charge in [0.25, 0.3) is 0 Å². The second kappa shape index (κ2) is 6.88. The van der Waals surface area contributed by atoms with Crippen LogP contribution in [-0.4, -0.2) is 29.3 Å².